The first kappa shape index (κ1) is 22.8. The number of hydrogen-bond acceptors (Lipinski definition) is 6. The standard InChI is InChI=1S/C25H25ClN2O6/c26-16-6-8-22(34-14-18-4-2-10-33-18)21(12-16)27-23(29)15-5-7-19-20(11-15)25(31)28(24(19)30)13-17-3-1-9-32-17/h5-8,11-12,17-18H,1-4,9-10,13-14H2,(H,27,29). The zero-order valence-electron chi connectivity index (χ0n) is 18.6. The van der Waals surface area contributed by atoms with Gasteiger partial charge in [0.05, 0.1) is 35.6 Å². The topological polar surface area (TPSA) is 94.2 Å². The van der Waals surface area contributed by atoms with E-state index >= 15 is 0 Å². The number of fused-ring (bicyclic) bond motifs is 1. The van der Waals surface area contributed by atoms with Crippen LogP contribution in [0.2, 0.25) is 5.02 Å². The molecule has 34 heavy (non-hydrogen) atoms. The van der Waals surface area contributed by atoms with Gasteiger partial charge >= 0.3 is 0 Å². The van der Waals surface area contributed by atoms with Gasteiger partial charge in [0.1, 0.15) is 12.4 Å². The summed E-state index contributed by atoms with van der Waals surface area (Å²) in [5, 5.41) is 3.25. The van der Waals surface area contributed by atoms with Crippen LogP contribution < -0.4 is 10.1 Å². The molecule has 0 radical (unpaired) electrons. The number of halogens is 1. The fourth-order valence-corrected chi connectivity index (χ4v) is 4.64. The number of carbonyl (C=O) groups excluding carboxylic acids is 3. The normalized spacial score (nSPS) is 21.7. The molecule has 2 fully saturated rings. The summed E-state index contributed by atoms with van der Waals surface area (Å²) in [7, 11) is 0. The molecule has 0 aromatic heterocycles. The third-order valence-electron chi connectivity index (χ3n) is 6.28. The molecule has 3 amide bonds. The fourth-order valence-electron chi connectivity index (χ4n) is 4.47. The maximum atomic E-state index is 13.0. The summed E-state index contributed by atoms with van der Waals surface area (Å²) in [6, 6.07) is 9.50. The molecule has 3 aliphatic rings. The summed E-state index contributed by atoms with van der Waals surface area (Å²) in [4.78, 5) is 39.9. The molecule has 2 saturated heterocycles. The van der Waals surface area contributed by atoms with E-state index < -0.39 is 11.8 Å². The van der Waals surface area contributed by atoms with Gasteiger partial charge in [-0.05, 0) is 62.1 Å². The number of imide groups is 1. The van der Waals surface area contributed by atoms with Crippen LogP contribution >= 0.6 is 11.6 Å². The van der Waals surface area contributed by atoms with E-state index in [2.05, 4.69) is 5.32 Å². The van der Waals surface area contributed by atoms with Crippen LogP contribution in [0.25, 0.3) is 0 Å². The quantitative estimate of drug-likeness (QED) is 0.598. The van der Waals surface area contributed by atoms with Gasteiger partial charge in [0.25, 0.3) is 17.7 Å². The van der Waals surface area contributed by atoms with E-state index in [0.29, 0.717) is 35.2 Å². The first-order valence-electron chi connectivity index (χ1n) is 11.5. The monoisotopic (exact) mass is 484 g/mol. The molecule has 1 N–H and O–H groups in total. The Kier molecular flexibility index (Phi) is 6.54. The van der Waals surface area contributed by atoms with Gasteiger partial charge in [-0.3, -0.25) is 19.3 Å². The van der Waals surface area contributed by atoms with Crippen molar-refractivity contribution in [3.8, 4) is 5.75 Å². The average Bonchev–Trinajstić information content (AvgIpc) is 3.58. The molecule has 3 aliphatic heterocycles. The molecule has 2 unspecified atom stereocenters. The number of nitrogens with one attached hydrogen (secondary N) is 1. The third-order valence-corrected chi connectivity index (χ3v) is 6.52. The highest BCUT2D eigenvalue weighted by molar-refractivity contribution is 6.31. The molecular weight excluding hydrogens is 460 g/mol. The van der Waals surface area contributed by atoms with Gasteiger partial charge in [-0.2, -0.15) is 0 Å². The first-order valence-corrected chi connectivity index (χ1v) is 11.8. The van der Waals surface area contributed by atoms with Crippen molar-refractivity contribution in [1.82, 2.24) is 4.90 Å². The highest BCUT2D eigenvalue weighted by Crippen LogP contribution is 2.30. The van der Waals surface area contributed by atoms with Crippen LogP contribution in [0.3, 0.4) is 0 Å². The molecule has 8 nitrogen and oxygen atoms in total. The minimum absolute atomic E-state index is 0.0251. The Hall–Kier alpha value is -2.94. The Balaban J connectivity index is 1.31. The van der Waals surface area contributed by atoms with Crippen molar-refractivity contribution in [1.29, 1.82) is 0 Å². The van der Waals surface area contributed by atoms with Crippen LogP contribution in [-0.2, 0) is 9.47 Å². The predicted molar refractivity (Wildman–Crippen MR) is 125 cm³/mol. The molecule has 2 atom stereocenters. The van der Waals surface area contributed by atoms with Gasteiger partial charge < -0.3 is 19.5 Å². The molecule has 0 saturated carbocycles. The van der Waals surface area contributed by atoms with Crippen molar-refractivity contribution in [3.63, 3.8) is 0 Å². The Morgan fingerprint density at radius 1 is 1.00 bits per heavy atom. The second-order valence-electron chi connectivity index (χ2n) is 8.66. The smallest absolute Gasteiger partial charge is 0.261 e. The molecule has 0 bridgehead atoms. The van der Waals surface area contributed by atoms with Gasteiger partial charge in [0.2, 0.25) is 0 Å². The number of nitrogens with zero attached hydrogens (tertiary/aromatic N) is 1. The average molecular weight is 485 g/mol. The molecule has 5 rings (SSSR count). The number of rotatable bonds is 7. The number of amides is 3. The van der Waals surface area contributed by atoms with Crippen molar-refractivity contribution in [2.24, 2.45) is 0 Å². The highest BCUT2D eigenvalue weighted by Gasteiger charge is 2.38. The second kappa shape index (κ2) is 9.74. The molecule has 0 aliphatic carbocycles. The highest BCUT2D eigenvalue weighted by atomic mass is 35.5. The molecule has 3 heterocycles. The zero-order chi connectivity index (χ0) is 23.7. The SMILES string of the molecule is O=C(Nc1cc(Cl)ccc1OCC1CCCO1)c1ccc2c(c1)C(=O)N(CC1CCCO1)C2=O. The van der Waals surface area contributed by atoms with E-state index in [1.807, 2.05) is 0 Å². The molecule has 2 aromatic rings. The van der Waals surface area contributed by atoms with Crippen LogP contribution in [0.1, 0.15) is 56.8 Å². The van der Waals surface area contributed by atoms with Crippen molar-refractivity contribution in [3.05, 3.63) is 58.1 Å². The van der Waals surface area contributed by atoms with Gasteiger partial charge in [-0.15, -0.1) is 0 Å². The van der Waals surface area contributed by atoms with E-state index in [1.54, 1.807) is 18.2 Å². The summed E-state index contributed by atoms with van der Waals surface area (Å²) in [6.07, 6.45) is 3.56. The van der Waals surface area contributed by atoms with Gasteiger partial charge in [-0.1, -0.05) is 11.6 Å². The second-order valence-corrected chi connectivity index (χ2v) is 9.09. The number of hydrogen-bond donors (Lipinski definition) is 1. The van der Waals surface area contributed by atoms with Gasteiger partial charge in [0.15, 0.2) is 0 Å². The van der Waals surface area contributed by atoms with Gasteiger partial charge in [-0.25, -0.2) is 0 Å². The Morgan fingerprint density at radius 2 is 1.74 bits per heavy atom. The van der Waals surface area contributed by atoms with Crippen LogP contribution in [0.5, 0.6) is 5.75 Å². The van der Waals surface area contributed by atoms with Crippen molar-refractivity contribution >= 4 is 35.0 Å². The Bertz CT molecular complexity index is 1120. The molecule has 178 valence electrons. The number of carbonyl (C=O) groups is 3. The Labute approximate surface area is 202 Å². The fraction of sp³-hybridized carbons (Fsp3) is 0.400. The van der Waals surface area contributed by atoms with Crippen LogP contribution in [-0.4, -0.2) is 61.2 Å². The molecular formula is C25H25ClN2O6. The lowest BCUT2D eigenvalue weighted by Gasteiger charge is -2.17. The lowest BCUT2D eigenvalue weighted by Crippen LogP contribution is -2.36. The minimum atomic E-state index is -0.440. The Morgan fingerprint density at radius 3 is 2.47 bits per heavy atom. The number of ether oxygens (including phenoxy) is 3. The molecule has 2 aromatic carbocycles. The summed E-state index contributed by atoms with van der Waals surface area (Å²) in [5.74, 6) is -0.733. The van der Waals surface area contributed by atoms with Crippen LogP contribution in [0, 0.1) is 0 Å². The van der Waals surface area contributed by atoms with E-state index in [4.69, 9.17) is 25.8 Å². The predicted octanol–water partition coefficient (Wildman–Crippen LogP) is 3.93. The zero-order valence-corrected chi connectivity index (χ0v) is 19.3. The van der Waals surface area contributed by atoms with Crippen LogP contribution in [0.15, 0.2) is 36.4 Å². The number of benzene rings is 2. The van der Waals surface area contributed by atoms with Crippen LogP contribution in [0.4, 0.5) is 5.69 Å². The van der Waals surface area contributed by atoms with E-state index in [0.717, 1.165) is 32.3 Å². The van der Waals surface area contributed by atoms with Crippen molar-refractivity contribution in [2.75, 3.05) is 31.7 Å². The first-order chi connectivity index (χ1) is 16.5. The lowest BCUT2D eigenvalue weighted by molar-refractivity contribution is 0.0475. The largest absolute Gasteiger partial charge is 0.489 e. The third kappa shape index (κ3) is 4.66. The molecule has 0 spiro atoms. The maximum Gasteiger partial charge on any atom is 0.261 e. The molecule has 9 heteroatoms. The maximum absolute atomic E-state index is 13.0. The van der Waals surface area contributed by atoms with Crippen molar-refractivity contribution < 1.29 is 28.6 Å². The van der Waals surface area contributed by atoms with E-state index in [1.165, 1.54) is 23.1 Å². The summed E-state index contributed by atoms with van der Waals surface area (Å²) >= 11 is 6.14. The lowest BCUT2D eigenvalue weighted by atomic mass is 10.1. The van der Waals surface area contributed by atoms with Gasteiger partial charge in [0, 0.05) is 23.8 Å². The minimum Gasteiger partial charge on any atom is -0.489 e. The van der Waals surface area contributed by atoms with E-state index in [-0.39, 0.29) is 35.8 Å². The summed E-state index contributed by atoms with van der Waals surface area (Å²) in [6.45, 7) is 1.96. The summed E-state index contributed by atoms with van der Waals surface area (Å²) in [5.41, 5.74) is 1.18. The summed E-state index contributed by atoms with van der Waals surface area (Å²) < 4.78 is 17.0. The van der Waals surface area contributed by atoms with E-state index in [9.17, 15) is 14.4 Å². The van der Waals surface area contributed by atoms with Crippen molar-refractivity contribution in [2.45, 2.75) is 37.9 Å². The number of anilines is 1.